The van der Waals surface area contributed by atoms with Crippen LogP contribution in [0.3, 0.4) is 0 Å². The maximum Gasteiger partial charge on any atom is 0.206 e. The summed E-state index contributed by atoms with van der Waals surface area (Å²) in [6.07, 6.45) is 0. The van der Waals surface area contributed by atoms with Crippen LogP contribution in [0.25, 0.3) is 11.3 Å². The third-order valence-electron chi connectivity index (χ3n) is 3.72. The quantitative estimate of drug-likeness (QED) is 0.871. The van der Waals surface area contributed by atoms with Crippen molar-refractivity contribution in [2.24, 2.45) is 7.05 Å². The van der Waals surface area contributed by atoms with Gasteiger partial charge in [-0.25, -0.2) is 9.97 Å². The van der Waals surface area contributed by atoms with Gasteiger partial charge in [-0.2, -0.15) is 4.98 Å². The van der Waals surface area contributed by atoms with Crippen molar-refractivity contribution in [3.05, 3.63) is 11.4 Å². The minimum absolute atomic E-state index is 0.709. The first-order chi connectivity index (χ1) is 9.56. The van der Waals surface area contributed by atoms with E-state index in [0.29, 0.717) is 5.65 Å². The van der Waals surface area contributed by atoms with Gasteiger partial charge >= 0.3 is 0 Å². The van der Waals surface area contributed by atoms with E-state index in [-0.39, 0.29) is 0 Å². The SMILES string of the molecule is CCN(CC)CCNc1nc2nc(C)c(C)nc2n1C. The number of aryl methyl sites for hydroxylation is 3. The van der Waals surface area contributed by atoms with Crippen LogP contribution < -0.4 is 5.32 Å². The molecule has 0 unspecified atom stereocenters. The third kappa shape index (κ3) is 2.90. The second kappa shape index (κ2) is 6.17. The molecule has 0 saturated carbocycles. The van der Waals surface area contributed by atoms with E-state index >= 15 is 0 Å². The van der Waals surface area contributed by atoms with Crippen molar-refractivity contribution in [2.75, 3.05) is 31.5 Å². The fraction of sp³-hybridized carbons (Fsp3) is 0.643. The fourth-order valence-corrected chi connectivity index (χ4v) is 2.18. The Hall–Kier alpha value is -1.69. The summed E-state index contributed by atoms with van der Waals surface area (Å²) in [5.41, 5.74) is 3.43. The van der Waals surface area contributed by atoms with E-state index < -0.39 is 0 Å². The summed E-state index contributed by atoms with van der Waals surface area (Å²) in [4.78, 5) is 15.9. The second-order valence-corrected chi connectivity index (χ2v) is 4.99. The lowest BCUT2D eigenvalue weighted by Crippen LogP contribution is -2.29. The van der Waals surface area contributed by atoms with Crippen molar-refractivity contribution in [2.45, 2.75) is 27.7 Å². The van der Waals surface area contributed by atoms with Gasteiger partial charge in [0, 0.05) is 20.1 Å². The molecule has 0 radical (unpaired) electrons. The molecule has 0 aliphatic heterocycles. The molecule has 6 heteroatoms. The minimum Gasteiger partial charge on any atom is -0.354 e. The smallest absolute Gasteiger partial charge is 0.206 e. The number of nitrogens with one attached hydrogen (secondary N) is 1. The number of likely N-dealkylation sites (N-methyl/N-ethyl adjacent to an activating group) is 1. The molecule has 0 atom stereocenters. The molecule has 0 saturated heterocycles. The van der Waals surface area contributed by atoms with Crippen LogP contribution in [0.4, 0.5) is 5.95 Å². The molecule has 0 aromatic carbocycles. The van der Waals surface area contributed by atoms with Crippen LogP contribution in [0.15, 0.2) is 0 Å². The number of rotatable bonds is 6. The molecule has 0 bridgehead atoms. The van der Waals surface area contributed by atoms with Crippen molar-refractivity contribution in [3.8, 4) is 0 Å². The van der Waals surface area contributed by atoms with E-state index in [1.165, 1.54) is 0 Å². The topological polar surface area (TPSA) is 58.9 Å². The van der Waals surface area contributed by atoms with Crippen LogP contribution in [0, 0.1) is 13.8 Å². The number of aromatic nitrogens is 4. The predicted molar refractivity (Wildman–Crippen MR) is 82.1 cm³/mol. The lowest BCUT2D eigenvalue weighted by molar-refractivity contribution is 0.315. The zero-order chi connectivity index (χ0) is 14.7. The van der Waals surface area contributed by atoms with Gasteiger partial charge in [0.25, 0.3) is 0 Å². The molecule has 110 valence electrons. The van der Waals surface area contributed by atoms with E-state index in [9.17, 15) is 0 Å². The van der Waals surface area contributed by atoms with Crippen molar-refractivity contribution in [3.63, 3.8) is 0 Å². The normalized spacial score (nSPS) is 11.5. The van der Waals surface area contributed by atoms with Gasteiger partial charge in [-0.15, -0.1) is 0 Å². The Morgan fingerprint density at radius 2 is 1.70 bits per heavy atom. The molecule has 2 rings (SSSR count). The first-order valence-electron chi connectivity index (χ1n) is 7.20. The Bertz CT molecular complexity index is 585. The number of imidazole rings is 1. The van der Waals surface area contributed by atoms with Crippen molar-refractivity contribution in [1.29, 1.82) is 0 Å². The minimum atomic E-state index is 0.709. The molecule has 0 spiro atoms. The van der Waals surface area contributed by atoms with Crippen LogP contribution >= 0.6 is 0 Å². The number of fused-ring (bicyclic) bond motifs is 1. The number of hydrogen-bond donors (Lipinski definition) is 1. The monoisotopic (exact) mass is 276 g/mol. The largest absolute Gasteiger partial charge is 0.354 e. The average molecular weight is 276 g/mol. The van der Waals surface area contributed by atoms with Crippen LogP contribution in [-0.4, -0.2) is 50.6 Å². The Labute approximate surface area is 120 Å². The molecule has 0 amide bonds. The van der Waals surface area contributed by atoms with E-state index in [1.54, 1.807) is 0 Å². The summed E-state index contributed by atoms with van der Waals surface area (Å²) in [5, 5.41) is 3.37. The van der Waals surface area contributed by atoms with Crippen LogP contribution in [-0.2, 0) is 7.05 Å². The van der Waals surface area contributed by atoms with Crippen molar-refractivity contribution >= 4 is 17.2 Å². The van der Waals surface area contributed by atoms with Gasteiger partial charge in [-0.3, -0.25) is 4.57 Å². The Balaban J connectivity index is 2.13. The van der Waals surface area contributed by atoms with Gasteiger partial charge in [0.1, 0.15) is 0 Å². The molecule has 0 aliphatic carbocycles. The maximum absolute atomic E-state index is 4.56. The summed E-state index contributed by atoms with van der Waals surface area (Å²) in [6, 6.07) is 0. The lowest BCUT2D eigenvalue weighted by atomic mass is 10.3. The van der Waals surface area contributed by atoms with E-state index in [4.69, 9.17) is 0 Å². The maximum atomic E-state index is 4.56. The molecule has 0 fully saturated rings. The molecule has 2 heterocycles. The highest BCUT2D eigenvalue weighted by atomic mass is 15.2. The van der Waals surface area contributed by atoms with Gasteiger partial charge in [-0.05, 0) is 26.9 Å². The molecular weight excluding hydrogens is 252 g/mol. The molecular formula is C14H24N6. The molecule has 0 aliphatic rings. The lowest BCUT2D eigenvalue weighted by Gasteiger charge is -2.18. The summed E-state index contributed by atoms with van der Waals surface area (Å²) >= 11 is 0. The van der Waals surface area contributed by atoms with E-state index in [2.05, 4.69) is 39.0 Å². The van der Waals surface area contributed by atoms with Crippen molar-refractivity contribution < 1.29 is 0 Å². The molecule has 2 aromatic heterocycles. The standard InChI is InChI=1S/C14H24N6/c1-6-20(7-2)9-8-15-14-18-12-13(19(14)5)17-11(4)10(3)16-12/h6-9H2,1-5H3,(H,15,16,18). The molecule has 1 N–H and O–H groups in total. The highest BCUT2D eigenvalue weighted by molar-refractivity contribution is 5.70. The summed E-state index contributed by atoms with van der Waals surface area (Å²) in [6.45, 7) is 12.3. The van der Waals surface area contributed by atoms with E-state index in [1.807, 2.05) is 25.5 Å². The first-order valence-corrected chi connectivity index (χ1v) is 7.20. The summed E-state index contributed by atoms with van der Waals surface area (Å²) in [5.74, 6) is 0.831. The highest BCUT2D eigenvalue weighted by Gasteiger charge is 2.11. The van der Waals surface area contributed by atoms with Crippen LogP contribution in [0.1, 0.15) is 25.2 Å². The molecule has 2 aromatic rings. The zero-order valence-electron chi connectivity index (χ0n) is 13.1. The number of anilines is 1. The first kappa shape index (κ1) is 14.7. The summed E-state index contributed by atoms with van der Waals surface area (Å²) in [7, 11) is 1.97. The molecule has 20 heavy (non-hydrogen) atoms. The zero-order valence-corrected chi connectivity index (χ0v) is 13.1. The van der Waals surface area contributed by atoms with Gasteiger partial charge in [-0.1, -0.05) is 13.8 Å². The van der Waals surface area contributed by atoms with Gasteiger partial charge in [0.05, 0.1) is 11.4 Å². The number of nitrogens with zero attached hydrogens (tertiary/aromatic N) is 5. The summed E-state index contributed by atoms with van der Waals surface area (Å²) < 4.78 is 1.97. The van der Waals surface area contributed by atoms with Gasteiger partial charge < -0.3 is 10.2 Å². The highest BCUT2D eigenvalue weighted by Crippen LogP contribution is 2.15. The Kier molecular flexibility index (Phi) is 4.54. The second-order valence-electron chi connectivity index (χ2n) is 4.99. The third-order valence-corrected chi connectivity index (χ3v) is 3.72. The average Bonchev–Trinajstić information content (AvgIpc) is 2.72. The predicted octanol–water partition coefficient (Wildman–Crippen LogP) is 1.73. The fourth-order valence-electron chi connectivity index (χ4n) is 2.18. The van der Waals surface area contributed by atoms with Gasteiger partial charge in [0.2, 0.25) is 5.95 Å². The van der Waals surface area contributed by atoms with Crippen LogP contribution in [0.2, 0.25) is 0 Å². The Morgan fingerprint density at radius 1 is 1.05 bits per heavy atom. The Morgan fingerprint density at radius 3 is 2.35 bits per heavy atom. The molecule has 6 nitrogen and oxygen atoms in total. The number of hydrogen-bond acceptors (Lipinski definition) is 5. The van der Waals surface area contributed by atoms with Crippen LogP contribution in [0.5, 0.6) is 0 Å². The van der Waals surface area contributed by atoms with Gasteiger partial charge in [0.15, 0.2) is 11.3 Å². The van der Waals surface area contributed by atoms with E-state index in [0.717, 1.165) is 49.2 Å². The van der Waals surface area contributed by atoms with Crippen molar-refractivity contribution in [1.82, 2.24) is 24.4 Å².